The zero-order valence-corrected chi connectivity index (χ0v) is 18.4. The second kappa shape index (κ2) is 8.43. The highest BCUT2D eigenvalue weighted by atomic mass is 19.2. The number of aryl methyl sites for hydroxylation is 2. The number of hydrogen-bond acceptors (Lipinski definition) is 2. The van der Waals surface area contributed by atoms with Gasteiger partial charge in [0.25, 0.3) is 11.8 Å². The van der Waals surface area contributed by atoms with Crippen molar-refractivity contribution in [2.45, 2.75) is 38.8 Å². The van der Waals surface area contributed by atoms with Gasteiger partial charge in [-0.3, -0.25) is 20.4 Å². The second-order valence-electron chi connectivity index (χ2n) is 8.92. The Morgan fingerprint density at radius 3 is 2.68 bits per heavy atom. The molecule has 1 aromatic heterocycles. The molecule has 0 radical (unpaired) electrons. The summed E-state index contributed by atoms with van der Waals surface area (Å²) < 4.78 is 56.1. The number of amides is 2. The minimum atomic E-state index is -2.09. The van der Waals surface area contributed by atoms with E-state index in [-0.39, 0.29) is 18.7 Å². The van der Waals surface area contributed by atoms with Crippen molar-refractivity contribution in [3.8, 4) is 0 Å². The molecule has 2 amide bonds. The van der Waals surface area contributed by atoms with E-state index in [4.69, 9.17) is 0 Å². The molecule has 34 heavy (non-hydrogen) atoms. The number of quaternary nitrogens is 1. The number of aromatic nitrogens is 1. The molecule has 1 aliphatic heterocycles. The Labute approximate surface area is 192 Å². The van der Waals surface area contributed by atoms with Crippen LogP contribution in [-0.4, -0.2) is 29.5 Å². The number of fused-ring (bicyclic) bond motifs is 3. The normalized spacial score (nSPS) is 19.1. The number of rotatable bonds is 3. The third-order valence-corrected chi connectivity index (χ3v) is 6.82. The minimum Gasteiger partial charge on any atom is -0.334 e. The summed E-state index contributed by atoms with van der Waals surface area (Å²) in [6.45, 7) is 3.58. The minimum absolute atomic E-state index is 0.0551. The van der Waals surface area contributed by atoms with Crippen LogP contribution in [0.5, 0.6) is 0 Å². The van der Waals surface area contributed by atoms with E-state index in [2.05, 4.69) is 35.1 Å². The van der Waals surface area contributed by atoms with Crippen LogP contribution in [0.1, 0.15) is 46.1 Å². The average Bonchev–Trinajstić information content (AvgIpc) is 3.14. The molecule has 1 aliphatic carbocycles. The quantitative estimate of drug-likeness (QED) is 0.236. The number of carbonyl (C=O) groups excluding carboxylic acids is 2. The molecule has 0 fully saturated rings. The first-order valence-electron chi connectivity index (χ1n) is 11.1. The van der Waals surface area contributed by atoms with E-state index < -0.39 is 40.6 Å². The van der Waals surface area contributed by atoms with Crippen molar-refractivity contribution in [1.82, 2.24) is 15.4 Å². The van der Waals surface area contributed by atoms with Gasteiger partial charge >= 0.3 is 0 Å². The number of nitrogens with one attached hydrogen (secondary N) is 3. The highest BCUT2D eigenvalue weighted by molar-refractivity contribution is 5.95. The standard InChI is InChI=1S/C24H22F4N4O2/c1-12-5-6-17-14(9-12)13-3-2-4-18-23(13)32(17)8-7-31(18)11-19(33)29-30-24(34)15-10-16(25)21(27)22(28)20(15)26/h5-6,9-10,18H,2-4,7-8,11H2,1H3,(H,29,33)(H,30,34)/p+1/t18-/m0/s1. The van der Waals surface area contributed by atoms with Crippen molar-refractivity contribution >= 4 is 22.7 Å². The van der Waals surface area contributed by atoms with Crippen molar-refractivity contribution < 1.29 is 32.1 Å². The van der Waals surface area contributed by atoms with Crippen LogP contribution in [-0.2, 0) is 17.8 Å². The lowest BCUT2D eigenvalue weighted by Crippen LogP contribution is -3.15. The molecule has 2 aliphatic rings. The van der Waals surface area contributed by atoms with Gasteiger partial charge in [0.2, 0.25) is 0 Å². The molecule has 0 spiro atoms. The van der Waals surface area contributed by atoms with Crippen LogP contribution < -0.4 is 15.8 Å². The molecule has 10 heteroatoms. The second-order valence-corrected chi connectivity index (χ2v) is 8.92. The molecule has 0 saturated heterocycles. The Morgan fingerprint density at radius 2 is 1.88 bits per heavy atom. The molecule has 3 aromatic rings. The van der Waals surface area contributed by atoms with Crippen LogP contribution in [0.15, 0.2) is 24.3 Å². The van der Waals surface area contributed by atoms with Crippen molar-refractivity contribution in [2.24, 2.45) is 0 Å². The van der Waals surface area contributed by atoms with Gasteiger partial charge < -0.3 is 9.47 Å². The Kier molecular flexibility index (Phi) is 5.55. The molecule has 2 atom stereocenters. The van der Waals surface area contributed by atoms with Crippen molar-refractivity contribution in [3.05, 3.63) is 69.9 Å². The van der Waals surface area contributed by atoms with Gasteiger partial charge in [-0.2, -0.15) is 0 Å². The Bertz CT molecular complexity index is 1340. The molecule has 1 unspecified atom stereocenters. The number of benzene rings is 2. The Morgan fingerprint density at radius 1 is 1.09 bits per heavy atom. The summed E-state index contributed by atoms with van der Waals surface area (Å²) in [7, 11) is 0. The summed E-state index contributed by atoms with van der Waals surface area (Å²) in [5.41, 5.74) is 8.08. The fourth-order valence-electron chi connectivity index (χ4n) is 5.30. The van der Waals surface area contributed by atoms with Crippen LogP contribution in [0.25, 0.3) is 10.9 Å². The maximum Gasteiger partial charge on any atom is 0.293 e. The van der Waals surface area contributed by atoms with Crippen LogP contribution in [0.4, 0.5) is 17.6 Å². The van der Waals surface area contributed by atoms with E-state index in [0.29, 0.717) is 6.54 Å². The van der Waals surface area contributed by atoms with Gasteiger partial charge in [0, 0.05) is 17.3 Å². The van der Waals surface area contributed by atoms with E-state index in [0.717, 1.165) is 30.7 Å². The molecule has 2 heterocycles. The lowest BCUT2D eigenvalue weighted by atomic mass is 9.89. The van der Waals surface area contributed by atoms with E-state index in [9.17, 15) is 27.2 Å². The number of hydrazine groups is 1. The number of nitrogens with zero attached hydrogens (tertiary/aromatic N) is 1. The summed E-state index contributed by atoms with van der Waals surface area (Å²) >= 11 is 0. The summed E-state index contributed by atoms with van der Waals surface area (Å²) in [6, 6.07) is 6.83. The van der Waals surface area contributed by atoms with Gasteiger partial charge in [-0.25, -0.2) is 17.6 Å². The van der Waals surface area contributed by atoms with Crippen LogP contribution in [0.3, 0.4) is 0 Å². The van der Waals surface area contributed by atoms with Crippen molar-refractivity contribution in [2.75, 3.05) is 13.1 Å². The lowest BCUT2D eigenvalue weighted by molar-refractivity contribution is -0.929. The predicted octanol–water partition coefficient (Wildman–Crippen LogP) is 2.24. The zero-order chi connectivity index (χ0) is 24.1. The Balaban J connectivity index is 1.30. The van der Waals surface area contributed by atoms with Crippen molar-refractivity contribution in [3.63, 3.8) is 0 Å². The number of halogens is 4. The highest BCUT2D eigenvalue weighted by Crippen LogP contribution is 2.37. The van der Waals surface area contributed by atoms with Crippen LogP contribution >= 0.6 is 0 Å². The summed E-state index contributed by atoms with van der Waals surface area (Å²) in [5.74, 6) is -9.44. The van der Waals surface area contributed by atoms with Crippen LogP contribution in [0, 0.1) is 30.2 Å². The summed E-state index contributed by atoms with van der Waals surface area (Å²) in [4.78, 5) is 25.7. The molecule has 0 saturated carbocycles. The monoisotopic (exact) mass is 475 g/mol. The molecular formula is C24H23F4N4O2+. The van der Waals surface area contributed by atoms with Gasteiger partial charge in [0.1, 0.15) is 6.04 Å². The molecule has 3 N–H and O–H groups in total. The fourth-order valence-corrected chi connectivity index (χ4v) is 5.30. The van der Waals surface area contributed by atoms with Gasteiger partial charge in [-0.15, -0.1) is 0 Å². The van der Waals surface area contributed by atoms with E-state index >= 15 is 0 Å². The molecule has 0 bridgehead atoms. The number of hydrogen-bond donors (Lipinski definition) is 3. The average molecular weight is 475 g/mol. The first-order chi connectivity index (χ1) is 16.3. The molecule has 178 valence electrons. The smallest absolute Gasteiger partial charge is 0.293 e. The zero-order valence-electron chi connectivity index (χ0n) is 18.4. The maximum absolute atomic E-state index is 13.8. The number of carbonyl (C=O) groups is 2. The van der Waals surface area contributed by atoms with Crippen LogP contribution in [0.2, 0.25) is 0 Å². The molecule has 6 nitrogen and oxygen atoms in total. The third-order valence-electron chi connectivity index (χ3n) is 6.82. The van der Waals surface area contributed by atoms with E-state index in [1.54, 1.807) is 0 Å². The van der Waals surface area contributed by atoms with Gasteiger partial charge in [-0.05, 0) is 43.5 Å². The lowest BCUT2D eigenvalue weighted by Gasteiger charge is -2.36. The SMILES string of the molecule is Cc1ccc2c(c1)c1c3n2CC[NH+](CC(=O)NNC(=O)c2cc(F)c(F)c(F)c2F)[C@H]3CCC1. The van der Waals surface area contributed by atoms with Gasteiger partial charge in [0.15, 0.2) is 29.8 Å². The first-order valence-corrected chi connectivity index (χ1v) is 11.1. The largest absolute Gasteiger partial charge is 0.334 e. The molecule has 5 rings (SSSR count). The topological polar surface area (TPSA) is 67.6 Å². The fraction of sp³-hybridized carbons (Fsp3) is 0.333. The Hall–Kier alpha value is -3.40. The van der Waals surface area contributed by atoms with E-state index in [1.807, 2.05) is 5.43 Å². The molecular weight excluding hydrogens is 452 g/mol. The summed E-state index contributed by atoms with van der Waals surface area (Å²) in [5, 5.41) is 1.26. The van der Waals surface area contributed by atoms with E-state index in [1.165, 1.54) is 27.7 Å². The molecule has 2 aromatic carbocycles. The third kappa shape index (κ3) is 3.62. The predicted molar refractivity (Wildman–Crippen MR) is 115 cm³/mol. The summed E-state index contributed by atoms with van der Waals surface area (Å²) in [6.07, 6.45) is 2.93. The first kappa shape index (κ1) is 22.4. The van der Waals surface area contributed by atoms with Gasteiger partial charge in [-0.1, -0.05) is 11.6 Å². The highest BCUT2D eigenvalue weighted by Gasteiger charge is 2.38. The maximum atomic E-state index is 13.8. The van der Waals surface area contributed by atoms with Gasteiger partial charge in [0.05, 0.1) is 24.3 Å². The van der Waals surface area contributed by atoms with Crippen molar-refractivity contribution in [1.29, 1.82) is 0 Å².